The van der Waals surface area contributed by atoms with Gasteiger partial charge in [-0.05, 0) is 19.8 Å². The molecule has 2 aromatic heterocycles. The van der Waals surface area contributed by atoms with Gasteiger partial charge < -0.3 is 15.6 Å². The van der Waals surface area contributed by atoms with Crippen LogP contribution in [0.5, 0.6) is 0 Å². The minimum atomic E-state index is -0.0741. The Morgan fingerprint density at radius 2 is 2.38 bits per heavy atom. The standard InChI is InChI=1S/C14H21N5OS/c1-11(15)14-18-12(9-21-14)8-13(20)17-4-2-3-6-19-7-5-16-10-19/h5,7,9-11H,2-4,6,8,15H2,1H3,(H,17,20). The number of nitrogens with two attached hydrogens (primary N) is 1. The zero-order chi connectivity index (χ0) is 15.1. The molecule has 1 amide bonds. The van der Waals surface area contributed by atoms with Crippen molar-refractivity contribution in [1.82, 2.24) is 19.9 Å². The van der Waals surface area contributed by atoms with Crippen LogP contribution in [0.15, 0.2) is 24.1 Å². The number of imidazole rings is 1. The van der Waals surface area contributed by atoms with E-state index < -0.39 is 0 Å². The number of hydrogen-bond donors (Lipinski definition) is 2. The molecule has 7 heteroatoms. The molecule has 0 saturated carbocycles. The van der Waals surface area contributed by atoms with E-state index in [1.54, 1.807) is 12.5 Å². The summed E-state index contributed by atoms with van der Waals surface area (Å²) < 4.78 is 2.03. The van der Waals surface area contributed by atoms with Crippen molar-refractivity contribution in [2.75, 3.05) is 6.54 Å². The average molecular weight is 307 g/mol. The smallest absolute Gasteiger partial charge is 0.226 e. The normalized spacial score (nSPS) is 12.3. The van der Waals surface area contributed by atoms with Crippen molar-refractivity contribution in [3.05, 3.63) is 34.8 Å². The molecule has 114 valence electrons. The zero-order valence-corrected chi connectivity index (χ0v) is 13.0. The maximum atomic E-state index is 11.8. The number of aryl methyl sites for hydroxylation is 1. The third-order valence-electron chi connectivity index (χ3n) is 3.03. The molecule has 0 fully saturated rings. The van der Waals surface area contributed by atoms with E-state index in [9.17, 15) is 4.79 Å². The van der Waals surface area contributed by atoms with E-state index >= 15 is 0 Å². The molecule has 0 aromatic carbocycles. The molecular weight excluding hydrogens is 286 g/mol. The van der Waals surface area contributed by atoms with Crippen LogP contribution in [0.3, 0.4) is 0 Å². The second-order valence-corrected chi connectivity index (χ2v) is 5.89. The lowest BCUT2D eigenvalue weighted by molar-refractivity contribution is -0.120. The maximum Gasteiger partial charge on any atom is 0.226 e. The number of unbranched alkanes of at least 4 members (excludes halogenated alkanes) is 1. The van der Waals surface area contributed by atoms with Crippen LogP contribution in [-0.2, 0) is 17.8 Å². The molecule has 1 atom stereocenters. The first-order valence-electron chi connectivity index (χ1n) is 7.07. The highest BCUT2D eigenvalue weighted by molar-refractivity contribution is 7.09. The van der Waals surface area contributed by atoms with Gasteiger partial charge in [-0.25, -0.2) is 9.97 Å². The van der Waals surface area contributed by atoms with E-state index in [4.69, 9.17) is 5.73 Å². The predicted octanol–water partition coefficient (Wildman–Crippen LogP) is 1.50. The van der Waals surface area contributed by atoms with Crippen LogP contribution in [0.4, 0.5) is 0 Å². The van der Waals surface area contributed by atoms with Gasteiger partial charge in [-0.2, -0.15) is 0 Å². The zero-order valence-electron chi connectivity index (χ0n) is 12.2. The van der Waals surface area contributed by atoms with Crippen LogP contribution in [0, 0.1) is 0 Å². The van der Waals surface area contributed by atoms with E-state index in [1.807, 2.05) is 23.1 Å². The predicted molar refractivity (Wildman–Crippen MR) is 82.9 cm³/mol. The number of thiazole rings is 1. The summed E-state index contributed by atoms with van der Waals surface area (Å²) in [6.45, 7) is 3.51. The number of rotatable bonds is 8. The highest BCUT2D eigenvalue weighted by Crippen LogP contribution is 2.15. The van der Waals surface area contributed by atoms with Crippen LogP contribution >= 0.6 is 11.3 Å². The molecule has 1 unspecified atom stereocenters. The first-order chi connectivity index (χ1) is 10.1. The number of carbonyl (C=O) groups excluding carboxylic acids is 1. The average Bonchev–Trinajstić information content (AvgIpc) is 3.09. The van der Waals surface area contributed by atoms with Crippen molar-refractivity contribution >= 4 is 17.2 Å². The van der Waals surface area contributed by atoms with Crippen LogP contribution in [0.25, 0.3) is 0 Å². The van der Waals surface area contributed by atoms with Crippen molar-refractivity contribution in [1.29, 1.82) is 0 Å². The summed E-state index contributed by atoms with van der Waals surface area (Å²) in [6.07, 6.45) is 7.80. The number of hydrogen-bond acceptors (Lipinski definition) is 5. The fourth-order valence-corrected chi connectivity index (χ4v) is 2.68. The highest BCUT2D eigenvalue weighted by Gasteiger charge is 2.09. The molecule has 0 saturated heterocycles. The molecule has 3 N–H and O–H groups in total. The van der Waals surface area contributed by atoms with Gasteiger partial charge in [0, 0.05) is 30.9 Å². The van der Waals surface area contributed by atoms with E-state index in [-0.39, 0.29) is 11.9 Å². The molecule has 0 bridgehead atoms. The second kappa shape index (κ2) is 7.90. The van der Waals surface area contributed by atoms with Gasteiger partial charge >= 0.3 is 0 Å². The Labute approximate surface area is 128 Å². The van der Waals surface area contributed by atoms with Gasteiger partial charge in [0.25, 0.3) is 0 Å². The van der Waals surface area contributed by atoms with Crippen LogP contribution in [0.1, 0.15) is 36.5 Å². The molecule has 2 rings (SSSR count). The summed E-state index contributed by atoms with van der Waals surface area (Å²) in [7, 11) is 0. The number of carbonyl (C=O) groups is 1. The van der Waals surface area contributed by atoms with Crippen molar-refractivity contribution < 1.29 is 4.79 Å². The summed E-state index contributed by atoms with van der Waals surface area (Å²) >= 11 is 1.51. The monoisotopic (exact) mass is 307 g/mol. The molecule has 6 nitrogen and oxygen atoms in total. The molecule has 0 aliphatic heterocycles. The highest BCUT2D eigenvalue weighted by atomic mass is 32.1. The Bertz CT molecular complexity index is 549. The largest absolute Gasteiger partial charge is 0.356 e. The van der Waals surface area contributed by atoms with Crippen LogP contribution in [0.2, 0.25) is 0 Å². The molecular formula is C14H21N5OS. The molecule has 0 radical (unpaired) electrons. The fourth-order valence-electron chi connectivity index (χ4n) is 1.91. The summed E-state index contributed by atoms with van der Waals surface area (Å²) in [4.78, 5) is 20.1. The third-order valence-corrected chi connectivity index (χ3v) is 4.12. The van der Waals surface area contributed by atoms with Gasteiger partial charge in [-0.15, -0.1) is 11.3 Å². The number of nitrogens with one attached hydrogen (secondary N) is 1. The summed E-state index contributed by atoms with van der Waals surface area (Å²) in [5.41, 5.74) is 6.55. The molecule has 0 spiro atoms. The van der Waals surface area contributed by atoms with Crippen LogP contribution in [-0.4, -0.2) is 27.0 Å². The Kier molecular flexibility index (Phi) is 5.89. The van der Waals surface area contributed by atoms with Crippen molar-refractivity contribution in [3.63, 3.8) is 0 Å². The molecule has 2 heterocycles. The number of aromatic nitrogens is 3. The van der Waals surface area contributed by atoms with Gasteiger partial charge in [0.15, 0.2) is 0 Å². The van der Waals surface area contributed by atoms with Gasteiger partial charge in [0.1, 0.15) is 5.01 Å². The van der Waals surface area contributed by atoms with Crippen molar-refractivity contribution in [3.8, 4) is 0 Å². The summed E-state index contributed by atoms with van der Waals surface area (Å²) in [5, 5.41) is 5.69. The maximum absolute atomic E-state index is 11.8. The van der Waals surface area contributed by atoms with Gasteiger partial charge in [0.05, 0.1) is 24.5 Å². The second-order valence-electron chi connectivity index (χ2n) is 5.00. The van der Waals surface area contributed by atoms with E-state index in [2.05, 4.69) is 15.3 Å². The Morgan fingerprint density at radius 3 is 3.05 bits per heavy atom. The van der Waals surface area contributed by atoms with E-state index in [0.717, 1.165) is 30.1 Å². The quantitative estimate of drug-likeness (QED) is 0.724. The lowest BCUT2D eigenvalue weighted by Gasteiger charge is -2.05. The first kappa shape index (κ1) is 15.7. The topological polar surface area (TPSA) is 85.8 Å². The number of amides is 1. The fraction of sp³-hybridized carbons (Fsp3) is 0.500. The SMILES string of the molecule is CC(N)c1nc(CC(=O)NCCCCn2ccnc2)cs1. The van der Waals surface area contributed by atoms with Gasteiger partial charge in [-0.1, -0.05) is 0 Å². The minimum Gasteiger partial charge on any atom is -0.356 e. The summed E-state index contributed by atoms with van der Waals surface area (Å²) in [5.74, 6) is 0.0131. The third kappa shape index (κ3) is 5.28. The van der Waals surface area contributed by atoms with E-state index in [1.165, 1.54) is 11.3 Å². The Morgan fingerprint density at radius 1 is 1.52 bits per heavy atom. The molecule has 2 aromatic rings. The Balaban J connectivity index is 1.60. The van der Waals surface area contributed by atoms with E-state index in [0.29, 0.717) is 13.0 Å². The van der Waals surface area contributed by atoms with Crippen molar-refractivity contribution in [2.24, 2.45) is 5.73 Å². The molecule has 0 aliphatic carbocycles. The minimum absolute atomic E-state index is 0.0131. The Hall–Kier alpha value is -1.73. The lowest BCUT2D eigenvalue weighted by atomic mass is 10.3. The van der Waals surface area contributed by atoms with Gasteiger partial charge in [-0.3, -0.25) is 4.79 Å². The first-order valence-corrected chi connectivity index (χ1v) is 7.95. The molecule has 21 heavy (non-hydrogen) atoms. The van der Waals surface area contributed by atoms with Crippen LogP contribution < -0.4 is 11.1 Å². The number of nitrogens with zero attached hydrogens (tertiary/aromatic N) is 3. The lowest BCUT2D eigenvalue weighted by Crippen LogP contribution is -2.26. The summed E-state index contributed by atoms with van der Waals surface area (Å²) in [6, 6.07) is -0.0741. The molecule has 0 aliphatic rings. The van der Waals surface area contributed by atoms with Crippen molar-refractivity contribution in [2.45, 2.75) is 38.8 Å². The van der Waals surface area contributed by atoms with Gasteiger partial charge in [0.2, 0.25) is 5.91 Å².